The monoisotopic (exact) mass is 354 g/mol. The summed E-state index contributed by atoms with van der Waals surface area (Å²) >= 11 is 10.3. The van der Waals surface area contributed by atoms with Gasteiger partial charge in [0.15, 0.2) is 0 Å². The SMILES string of the molecule is CC(Cc1ccsc1)Nc1cccc(Br)c1C(N)=S. The molecule has 2 aromatic rings. The molecule has 3 N–H and O–H groups in total. The zero-order valence-electron chi connectivity index (χ0n) is 10.5. The van der Waals surface area contributed by atoms with E-state index >= 15 is 0 Å². The predicted molar refractivity (Wildman–Crippen MR) is 91.1 cm³/mol. The van der Waals surface area contributed by atoms with Crippen molar-refractivity contribution in [3.8, 4) is 0 Å². The fraction of sp³-hybridized carbons (Fsp3) is 0.214. The molecule has 100 valence electrons. The largest absolute Gasteiger partial charge is 0.389 e. The van der Waals surface area contributed by atoms with Crippen molar-refractivity contribution >= 4 is 50.2 Å². The van der Waals surface area contributed by atoms with E-state index in [9.17, 15) is 0 Å². The Labute approximate surface area is 131 Å². The van der Waals surface area contributed by atoms with Crippen molar-refractivity contribution in [3.05, 3.63) is 50.6 Å². The minimum Gasteiger partial charge on any atom is -0.389 e. The van der Waals surface area contributed by atoms with E-state index in [1.165, 1.54) is 5.56 Å². The first-order valence-corrected chi connectivity index (χ1v) is 8.08. The summed E-state index contributed by atoms with van der Waals surface area (Å²) in [5.41, 5.74) is 8.98. The number of thiophene rings is 1. The lowest BCUT2D eigenvalue weighted by atomic mass is 10.1. The van der Waals surface area contributed by atoms with Crippen LogP contribution in [0.4, 0.5) is 5.69 Å². The summed E-state index contributed by atoms with van der Waals surface area (Å²) in [6.45, 7) is 2.15. The summed E-state index contributed by atoms with van der Waals surface area (Å²) in [7, 11) is 0. The predicted octanol–water partition coefficient (Wildman–Crippen LogP) is 4.19. The molecule has 1 heterocycles. The fourth-order valence-electron chi connectivity index (χ4n) is 1.97. The van der Waals surface area contributed by atoms with Crippen molar-refractivity contribution < 1.29 is 0 Å². The van der Waals surface area contributed by atoms with Gasteiger partial charge in [0.25, 0.3) is 0 Å². The van der Waals surface area contributed by atoms with Crippen LogP contribution in [0.5, 0.6) is 0 Å². The molecule has 1 aromatic carbocycles. The van der Waals surface area contributed by atoms with E-state index in [-0.39, 0.29) is 0 Å². The molecule has 1 unspecified atom stereocenters. The fourth-order valence-corrected chi connectivity index (χ4v) is 3.59. The molecular weight excluding hydrogens is 340 g/mol. The van der Waals surface area contributed by atoms with Crippen LogP contribution in [0.1, 0.15) is 18.1 Å². The first-order chi connectivity index (χ1) is 9.08. The lowest BCUT2D eigenvalue weighted by molar-refractivity contribution is 0.792. The Morgan fingerprint density at radius 3 is 2.89 bits per heavy atom. The van der Waals surface area contributed by atoms with Crippen LogP contribution in [0, 0.1) is 0 Å². The van der Waals surface area contributed by atoms with Gasteiger partial charge >= 0.3 is 0 Å². The van der Waals surface area contributed by atoms with Crippen molar-refractivity contribution in [1.29, 1.82) is 0 Å². The molecule has 0 radical (unpaired) electrons. The quantitative estimate of drug-likeness (QED) is 0.790. The number of nitrogens with one attached hydrogen (secondary N) is 1. The van der Waals surface area contributed by atoms with Gasteiger partial charge in [-0.1, -0.05) is 18.3 Å². The number of thiocarbonyl (C=S) groups is 1. The van der Waals surface area contributed by atoms with Crippen LogP contribution in [0.25, 0.3) is 0 Å². The number of rotatable bonds is 5. The lowest BCUT2D eigenvalue weighted by Gasteiger charge is -2.18. The van der Waals surface area contributed by atoms with Crippen LogP contribution in [-0.2, 0) is 6.42 Å². The maximum atomic E-state index is 5.79. The minimum absolute atomic E-state index is 0.317. The van der Waals surface area contributed by atoms with Gasteiger partial charge in [-0.15, -0.1) is 0 Å². The van der Waals surface area contributed by atoms with Gasteiger partial charge in [0.1, 0.15) is 4.99 Å². The van der Waals surface area contributed by atoms with Gasteiger partial charge in [-0.05, 0) is 63.8 Å². The maximum Gasteiger partial charge on any atom is 0.107 e. The van der Waals surface area contributed by atoms with Gasteiger partial charge in [0, 0.05) is 21.8 Å². The summed E-state index contributed by atoms with van der Waals surface area (Å²) in [5.74, 6) is 0. The zero-order chi connectivity index (χ0) is 13.8. The Kier molecular flexibility index (Phi) is 4.96. The molecule has 1 atom stereocenters. The number of benzene rings is 1. The number of hydrogen-bond donors (Lipinski definition) is 2. The Hall–Kier alpha value is -0.910. The smallest absolute Gasteiger partial charge is 0.107 e. The second-order valence-corrected chi connectivity index (χ2v) is 6.48. The van der Waals surface area contributed by atoms with Crippen LogP contribution in [-0.4, -0.2) is 11.0 Å². The highest BCUT2D eigenvalue weighted by molar-refractivity contribution is 9.10. The topological polar surface area (TPSA) is 38.0 Å². The molecule has 19 heavy (non-hydrogen) atoms. The number of anilines is 1. The van der Waals surface area contributed by atoms with Gasteiger partial charge in [0.2, 0.25) is 0 Å². The van der Waals surface area contributed by atoms with Crippen molar-refractivity contribution in [3.63, 3.8) is 0 Å². The summed E-state index contributed by atoms with van der Waals surface area (Å²) < 4.78 is 0.924. The van der Waals surface area contributed by atoms with Crippen LogP contribution in [0.15, 0.2) is 39.5 Å². The van der Waals surface area contributed by atoms with Crippen LogP contribution in [0.2, 0.25) is 0 Å². The summed E-state index contributed by atoms with van der Waals surface area (Å²) in [6, 6.07) is 8.40. The van der Waals surface area contributed by atoms with Crippen LogP contribution >= 0.6 is 39.5 Å². The lowest BCUT2D eigenvalue weighted by Crippen LogP contribution is -2.21. The Bertz CT molecular complexity index is 567. The molecule has 5 heteroatoms. The molecule has 0 bridgehead atoms. The number of halogens is 1. The standard InChI is InChI=1S/C14H15BrN2S2/c1-9(7-10-5-6-19-8-10)17-12-4-2-3-11(15)13(12)14(16)18/h2-6,8-9,17H,7H2,1H3,(H2,16,18). The molecule has 0 aliphatic heterocycles. The third-order valence-corrected chi connectivity index (χ3v) is 4.38. The van der Waals surface area contributed by atoms with Crippen LogP contribution in [0.3, 0.4) is 0 Å². The van der Waals surface area contributed by atoms with Crippen molar-refractivity contribution in [2.45, 2.75) is 19.4 Å². The van der Waals surface area contributed by atoms with E-state index < -0.39 is 0 Å². The van der Waals surface area contributed by atoms with E-state index in [0.29, 0.717) is 11.0 Å². The summed E-state index contributed by atoms with van der Waals surface area (Å²) in [6.07, 6.45) is 0.979. The molecule has 0 amide bonds. The maximum absolute atomic E-state index is 5.79. The molecule has 2 nitrogen and oxygen atoms in total. The molecule has 0 saturated carbocycles. The second-order valence-electron chi connectivity index (χ2n) is 4.41. The molecule has 2 rings (SSSR count). The number of hydrogen-bond acceptors (Lipinski definition) is 3. The van der Waals surface area contributed by atoms with E-state index in [1.807, 2.05) is 18.2 Å². The molecule has 0 aliphatic carbocycles. The Balaban J connectivity index is 2.14. The minimum atomic E-state index is 0.317. The molecule has 0 saturated heterocycles. The number of nitrogens with two attached hydrogens (primary N) is 1. The highest BCUT2D eigenvalue weighted by atomic mass is 79.9. The van der Waals surface area contributed by atoms with E-state index in [4.69, 9.17) is 18.0 Å². The average Bonchev–Trinajstić information content (AvgIpc) is 2.81. The van der Waals surface area contributed by atoms with Crippen molar-refractivity contribution in [2.24, 2.45) is 5.73 Å². The highest BCUT2D eigenvalue weighted by Gasteiger charge is 2.12. The third kappa shape index (κ3) is 3.78. The van der Waals surface area contributed by atoms with Gasteiger partial charge in [-0.25, -0.2) is 0 Å². The molecule has 1 aromatic heterocycles. The second kappa shape index (κ2) is 6.50. The molecule has 0 fully saturated rings. The van der Waals surface area contributed by atoms with Crippen molar-refractivity contribution in [2.75, 3.05) is 5.32 Å². The molecule has 0 spiro atoms. The highest BCUT2D eigenvalue weighted by Crippen LogP contribution is 2.25. The van der Waals surface area contributed by atoms with Gasteiger partial charge < -0.3 is 11.1 Å². The van der Waals surface area contributed by atoms with Crippen LogP contribution < -0.4 is 11.1 Å². The van der Waals surface area contributed by atoms with Gasteiger partial charge in [-0.2, -0.15) is 11.3 Å². The van der Waals surface area contributed by atoms with E-state index in [2.05, 4.69) is 45.0 Å². The first kappa shape index (κ1) is 14.5. The Morgan fingerprint density at radius 1 is 1.47 bits per heavy atom. The van der Waals surface area contributed by atoms with E-state index in [1.54, 1.807) is 11.3 Å². The normalized spacial score (nSPS) is 12.1. The zero-order valence-corrected chi connectivity index (χ0v) is 13.7. The third-order valence-electron chi connectivity index (χ3n) is 2.78. The first-order valence-electron chi connectivity index (χ1n) is 5.94. The Morgan fingerprint density at radius 2 is 2.26 bits per heavy atom. The summed E-state index contributed by atoms with van der Waals surface area (Å²) in [4.78, 5) is 0.401. The molecular formula is C14H15BrN2S2. The van der Waals surface area contributed by atoms with Crippen molar-refractivity contribution in [1.82, 2.24) is 0 Å². The summed E-state index contributed by atoms with van der Waals surface area (Å²) in [5, 5.41) is 7.75. The van der Waals surface area contributed by atoms with Gasteiger partial charge in [-0.3, -0.25) is 0 Å². The molecule has 0 aliphatic rings. The van der Waals surface area contributed by atoms with Gasteiger partial charge in [0.05, 0.1) is 0 Å². The van der Waals surface area contributed by atoms with E-state index in [0.717, 1.165) is 22.1 Å². The average molecular weight is 355 g/mol.